The first-order valence-electron chi connectivity index (χ1n) is 5.10. The first kappa shape index (κ1) is 13.4. The summed E-state index contributed by atoms with van der Waals surface area (Å²) < 4.78 is 0. The van der Waals surface area contributed by atoms with Crippen molar-refractivity contribution in [3.63, 3.8) is 0 Å². The fourth-order valence-electron chi connectivity index (χ4n) is 0.861. The Morgan fingerprint density at radius 1 is 1.29 bits per heavy atom. The molecule has 0 saturated carbocycles. The van der Waals surface area contributed by atoms with E-state index in [0.717, 1.165) is 0 Å². The maximum atomic E-state index is 11.7. The first-order chi connectivity index (χ1) is 6.04. The van der Waals surface area contributed by atoms with Gasteiger partial charge in [-0.2, -0.15) is 0 Å². The predicted octanol–water partition coefficient (Wildman–Crippen LogP) is 1.52. The number of nitrogens with one attached hydrogen (secondary N) is 1. The van der Waals surface area contributed by atoms with E-state index in [9.17, 15) is 4.79 Å². The highest BCUT2D eigenvalue weighted by molar-refractivity contribution is 5.79. The topological polar surface area (TPSA) is 55.1 Å². The fourth-order valence-corrected chi connectivity index (χ4v) is 0.861. The van der Waals surface area contributed by atoms with Crippen LogP contribution in [0, 0.1) is 11.3 Å². The predicted molar refractivity (Wildman–Crippen MR) is 59.9 cm³/mol. The van der Waals surface area contributed by atoms with Crippen LogP contribution in [0.25, 0.3) is 0 Å². The summed E-state index contributed by atoms with van der Waals surface area (Å²) in [5.74, 6) is 0.0841. The maximum absolute atomic E-state index is 11.7. The van der Waals surface area contributed by atoms with Crippen LogP contribution in [0.2, 0.25) is 0 Å². The molecule has 3 heteroatoms. The largest absolute Gasteiger partial charge is 0.354 e. The molecular weight excluding hydrogens is 176 g/mol. The van der Waals surface area contributed by atoms with E-state index in [-0.39, 0.29) is 22.8 Å². The lowest BCUT2D eigenvalue weighted by molar-refractivity contribution is -0.127. The summed E-state index contributed by atoms with van der Waals surface area (Å²) in [7, 11) is 0. The van der Waals surface area contributed by atoms with Crippen LogP contribution >= 0.6 is 0 Å². The van der Waals surface area contributed by atoms with Crippen molar-refractivity contribution < 1.29 is 4.79 Å². The second kappa shape index (κ2) is 4.30. The van der Waals surface area contributed by atoms with Gasteiger partial charge in [0.25, 0.3) is 0 Å². The minimum absolute atomic E-state index is 0.00280. The third-order valence-corrected chi connectivity index (χ3v) is 2.41. The van der Waals surface area contributed by atoms with E-state index >= 15 is 0 Å². The highest BCUT2D eigenvalue weighted by Gasteiger charge is 2.27. The molecule has 3 nitrogen and oxygen atoms in total. The number of carbonyl (C=O) groups excluding carboxylic acids is 1. The Bertz CT molecular complexity index is 198. The van der Waals surface area contributed by atoms with Gasteiger partial charge in [0, 0.05) is 18.0 Å². The maximum Gasteiger partial charge on any atom is 0.223 e. The van der Waals surface area contributed by atoms with Gasteiger partial charge in [-0.1, -0.05) is 27.7 Å². The Balaban J connectivity index is 4.11. The van der Waals surface area contributed by atoms with Crippen molar-refractivity contribution >= 4 is 5.91 Å². The Morgan fingerprint density at radius 3 is 2.00 bits per heavy atom. The zero-order valence-electron chi connectivity index (χ0n) is 10.3. The number of hydrogen-bond donors (Lipinski definition) is 2. The van der Waals surface area contributed by atoms with Gasteiger partial charge in [-0.15, -0.1) is 0 Å². The molecular formula is C11H24N2O. The minimum atomic E-state index is -0.340. The number of carbonyl (C=O) groups is 1. The Morgan fingerprint density at radius 2 is 1.71 bits per heavy atom. The van der Waals surface area contributed by atoms with Gasteiger partial charge in [-0.25, -0.2) is 0 Å². The van der Waals surface area contributed by atoms with Crippen molar-refractivity contribution in [2.75, 3.05) is 6.54 Å². The quantitative estimate of drug-likeness (QED) is 0.725. The molecule has 0 fully saturated rings. The summed E-state index contributed by atoms with van der Waals surface area (Å²) in [4.78, 5) is 11.7. The second-order valence-electron chi connectivity index (χ2n) is 5.79. The zero-order valence-corrected chi connectivity index (χ0v) is 10.3. The van der Waals surface area contributed by atoms with E-state index in [1.54, 1.807) is 0 Å². The molecule has 84 valence electrons. The van der Waals surface area contributed by atoms with E-state index in [2.05, 4.69) is 26.1 Å². The molecule has 0 bridgehead atoms. The van der Waals surface area contributed by atoms with Crippen LogP contribution in [-0.4, -0.2) is 18.0 Å². The molecule has 3 N–H and O–H groups in total. The second-order valence-corrected chi connectivity index (χ2v) is 5.79. The van der Waals surface area contributed by atoms with Crippen molar-refractivity contribution in [2.45, 2.75) is 47.1 Å². The molecule has 0 saturated heterocycles. The molecule has 0 aliphatic rings. The lowest BCUT2D eigenvalue weighted by Crippen LogP contribution is -2.47. The van der Waals surface area contributed by atoms with Crippen molar-refractivity contribution in [1.29, 1.82) is 0 Å². The van der Waals surface area contributed by atoms with E-state index in [1.807, 2.05) is 20.8 Å². The molecule has 0 aliphatic carbocycles. The molecule has 1 amide bonds. The summed E-state index contributed by atoms with van der Waals surface area (Å²) in [5.41, 5.74) is 5.44. The van der Waals surface area contributed by atoms with Crippen LogP contribution in [0.4, 0.5) is 0 Å². The Kier molecular flexibility index (Phi) is 4.13. The molecule has 1 atom stereocenters. The standard InChI is InChI=1S/C11H24N2O/c1-8(10(2,3)4)9(14)13-7-11(5,6)12/h8H,7,12H2,1-6H3,(H,13,14). The molecule has 14 heavy (non-hydrogen) atoms. The van der Waals surface area contributed by atoms with Crippen LogP contribution in [0.1, 0.15) is 41.5 Å². The van der Waals surface area contributed by atoms with E-state index in [1.165, 1.54) is 0 Å². The van der Waals surface area contributed by atoms with Crippen molar-refractivity contribution in [3.8, 4) is 0 Å². The number of rotatable bonds is 3. The van der Waals surface area contributed by atoms with Crippen molar-refractivity contribution in [3.05, 3.63) is 0 Å². The number of nitrogens with two attached hydrogens (primary N) is 1. The third-order valence-electron chi connectivity index (χ3n) is 2.41. The summed E-state index contributed by atoms with van der Waals surface area (Å²) >= 11 is 0. The minimum Gasteiger partial charge on any atom is -0.354 e. The highest BCUT2D eigenvalue weighted by Crippen LogP contribution is 2.25. The highest BCUT2D eigenvalue weighted by atomic mass is 16.1. The molecule has 0 radical (unpaired) electrons. The number of hydrogen-bond acceptors (Lipinski definition) is 2. The van der Waals surface area contributed by atoms with Gasteiger partial charge in [0.2, 0.25) is 5.91 Å². The molecule has 0 rings (SSSR count). The molecule has 0 aromatic carbocycles. The molecule has 0 aliphatic heterocycles. The van der Waals surface area contributed by atoms with Crippen molar-refractivity contribution in [2.24, 2.45) is 17.1 Å². The zero-order chi connectivity index (χ0) is 11.6. The molecule has 1 unspecified atom stereocenters. The average molecular weight is 200 g/mol. The van der Waals surface area contributed by atoms with Gasteiger partial charge in [0.15, 0.2) is 0 Å². The Labute approximate surface area is 87.4 Å². The van der Waals surface area contributed by atoms with E-state index in [4.69, 9.17) is 5.73 Å². The Hall–Kier alpha value is -0.570. The molecule has 0 heterocycles. The summed E-state index contributed by atoms with van der Waals surface area (Å²) in [5, 5.41) is 2.86. The first-order valence-corrected chi connectivity index (χ1v) is 5.10. The van der Waals surface area contributed by atoms with Gasteiger partial charge < -0.3 is 11.1 Å². The van der Waals surface area contributed by atoms with Gasteiger partial charge in [-0.3, -0.25) is 4.79 Å². The SMILES string of the molecule is CC(C(=O)NCC(C)(C)N)C(C)(C)C. The van der Waals surface area contributed by atoms with Crippen LogP contribution in [-0.2, 0) is 4.79 Å². The summed E-state index contributed by atoms with van der Waals surface area (Å²) in [6.45, 7) is 12.4. The van der Waals surface area contributed by atoms with Gasteiger partial charge in [0.05, 0.1) is 0 Å². The van der Waals surface area contributed by atoms with Crippen LogP contribution in [0.5, 0.6) is 0 Å². The summed E-state index contributed by atoms with van der Waals surface area (Å²) in [6.07, 6.45) is 0. The molecule has 0 aromatic rings. The molecule has 0 spiro atoms. The van der Waals surface area contributed by atoms with Gasteiger partial charge >= 0.3 is 0 Å². The van der Waals surface area contributed by atoms with Crippen molar-refractivity contribution in [1.82, 2.24) is 5.32 Å². The third kappa shape index (κ3) is 5.22. The lowest BCUT2D eigenvalue weighted by atomic mass is 9.81. The molecule has 0 aromatic heterocycles. The van der Waals surface area contributed by atoms with Gasteiger partial charge in [-0.05, 0) is 19.3 Å². The smallest absolute Gasteiger partial charge is 0.223 e. The number of amides is 1. The van der Waals surface area contributed by atoms with E-state index in [0.29, 0.717) is 6.54 Å². The van der Waals surface area contributed by atoms with Crippen LogP contribution in [0.3, 0.4) is 0 Å². The summed E-state index contributed by atoms with van der Waals surface area (Å²) in [6, 6.07) is 0. The van der Waals surface area contributed by atoms with Crippen LogP contribution < -0.4 is 11.1 Å². The normalized spacial score (nSPS) is 15.1. The van der Waals surface area contributed by atoms with Crippen LogP contribution in [0.15, 0.2) is 0 Å². The van der Waals surface area contributed by atoms with E-state index < -0.39 is 0 Å². The lowest BCUT2D eigenvalue weighted by Gasteiger charge is -2.28. The average Bonchev–Trinajstić information content (AvgIpc) is 1.95. The monoisotopic (exact) mass is 200 g/mol. The van der Waals surface area contributed by atoms with Gasteiger partial charge in [0.1, 0.15) is 0 Å². The fraction of sp³-hybridized carbons (Fsp3) is 0.909.